The van der Waals surface area contributed by atoms with Crippen LogP contribution in [0.3, 0.4) is 0 Å². The highest BCUT2D eigenvalue weighted by Crippen LogP contribution is 2.13. The quantitative estimate of drug-likeness (QED) is 0.868. The van der Waals surface area contributed by atoms with Gasteiger partial charge in [-0.25, -0.2) is 9.37 Å². The van der Waals surface area contributed by atoms with E-state index >= 15 is 0 Å². The van der Waals surface area contributed by atoms with Crippen LogP contribution in [-0.4, -0.2) is 48.6 Å². The fourth-order valence-corrected chi connectivity index (χ4v) is 3.32. The van der Waals surface area contributed by atoms with Gasteiger partial charge in [0.1, 0.15) is 16.5 Å². The number of benzene rings is 1. The van der Waals surface area contributed by atoms with E-state index in [0.717, 1.165) is 43.4 Å². The average Bonchev–Trinajstić information content (AvgIpc) is 3.06. The van der Waals surface area contributed by atoms with Crippen molar-refractivity contribution >= 4 is 17.2 Å². The van der Waals surface area contributed by atoms with Crippen LogP contribution in [0.25, 0.3) is 0 Å². The van der Waals surface area contributed by atoms with Crippen molar-refractivity contribution in [3.63, 3.8) is 0 Å². The number of carbonyl (C=O) groups excluding carboxylic acids is 1. The Labute approximate surface area is 144 Å². The van der Waals surface area contributed by atoms with Crippen LogP contribution in [-0.2, 0) is 17.7 Å². The van der Waals surface area contributed by atoms with Crippen LogP contribution in [0.15, 0.2) is 29.6 Å². The van der Waals surface area contributed by atoms with Crippen molar-refractivity contribution in [3.8, 4) is 0 Å². The minimum Gasteiger partial charge on any atom is -0.379 e. The molecule has 0 bridgehead atoms. The minimum atomic E-state index is -0.252. The van der Waals surface area contributed by atoms with E-state index in [4.69, 9.17) is 4.74 Å². The van der Waals surface area contributed by atoms with E-state index in [1.54, 1.807) is 17.5 Å². The number of hydrogen-bond acceptors (Lipinski definition) is 5. The Hall–Kier alpha value is -1.83. The SMILES string of the molecule is O=C(NCCc1ccc(F)cc1)c1csc(CN2CCOCC2)n1. The smallest absolute Gasteiger partial charge is 0.270 e. The Morgan fingerprint density at radius 1 is 1.29 bits per heavy atom. The third-order valence-corrected chi connectivity index (χ3v) is 4.69. The zero-order valence-corrected chi connectivity index (χ0v) is 14.2. The molecular formula is C17H20FN3O2S. The molecule has 0 atom stereocenters. The lowest BCUT2D eigenvalue weighted by atomic mass is 10.1. The van der Waals surface area contributed by atoms with Crippen molar-refractivity contribution in [1.29, 1.82) is 0 Å². The first-order valence-corrected chi connectivity index (χ1v) is 8.86. The number of morpholine rings is 1. The molecule has 24 heavy (non-hydrogen) atoms. The maximum atomic E-state index is 12.8. The zero-order valence-electron chi connectivity index (χ0n) is 13.3. The number of amides is 1. The van der Waals surface area contributed by atoms with Gasteiger partial charge >= 0.3 is 0 Å². The van der Waals surface area contributed by atoms with Gasteiger partial charge in [0.05, 0.1) is 19.8 Å². The molecule has 2 heterocycles. The Balaban J connectivity index is 1.45. The predicted molar refractivity (Wildman–Crippen MR) is 90.6 cm³/mol. The molecule has 3 rings (SSSR count). The summed E-state index contributed by atoms with van der Waals surface area (Å²) >= 11 is 1.51. The molecule has 1 aliphatic heterocycles. The molecule has 1 aromatic carbocycles. The summed E-state index contributed by atoms with van der Waals surface area (Å²) < 4.78 is 18.2. The normalized spacial score (nSPS) is 15.4. The Morgan fingerprint density at radius 2 is 2.04 bits per heavy atom. The highest BCUT2D eigenvalue weighted by Gasteiger charge is 2.15. The molecule has 2 aromatic rings. The van der Waals surface area contributed by atoms with Crippen molar-refractivity contribution in [2.45, 2.75) is 13.0 Å². The molecule has 128 valence electrons. The number of rotatable bonds is 6. The maximum Gasteiger partial charge on any atom is 0.270 e. The van der Waals surface area contributed by atoms with E-state index in [1.165, 1.54) is 23.5 Å². The molecule has 1 amide bonds. The number of halogens is 1. The number of carbonyl (C=O) groups is 1. The lowest BCUT2D eigenvalue weighted by Gasteiger charge is -2.25. The molecule has 0 saturated carbocycles. The van der Waals surface area contributed by atoms with E-state index in [1.807, 2.05) is 0 Å². The fourth-order valence-electron chi connectivity index (χ4n) is 2.50. The Bertz CT molecular complexity index is 669. The highest BCUT2D eigenvalue weighted by molar-refractivity contribution is 7.09. The highest BCUT2D eigenvalue weighted by atomic mass is 32.1. The summed E-state index contributed by atoms with van der Waals surface area (Å²) in [4.78, 5) is 18.8. The largest absolute Gasteiger partial charge is 0.379 e. The van der Waals surface area contributed by atoms with Crippen LogP contribution in [0.4, 0.5) is 4.39 Å². The van der Waals surface area contributed by atoms with Crippen molar-refractivity contribution in [2.75, 3.05) is 32.8 Å². The van der Waals surface area contributed by atoms with Gasteiger partial charge in [0.25, 0.3) is 5.91 Å². The summed E-state index contributed by atoms with van der Waals surface area (Å²) in [5.41, 5.74) is 1.45. The van der Waals surface area contributed by atoms with E-state index in [0.29, 0.717) is 18.7 Å². The maximum absolute atomic E-state index is 12.8. The topological polar surface area (TPSA) is 54.5 Å². The van der Waals surface area contributed by atoms with Gasteiger partial charge in [-0.15, -0.1) is 11.3 Å². The molecular weight excluding hydrogens is 329 g/mol. The number of nitrogens with one attached hydrogen (secondary N) is 1. The number of aromatic nitrogens is 1. The first-order valence-electron chi connectivity index (χ1n) is 7.98. The molecule has 1 N–H and O–H groups in total. The molecule has 0 aliphatic carbocycles. The lowest BCUT2D eigenvalue weighted by molar-refractivity contribution is 0.0341. The van der Waals surface area contributed by atoms with Crippen LogP contribution < -0.4 is 5.32 Å². The summed E-state index contributed by atoms with van der Waals surface area (Å²) in [5, 5.41) is 5.60. The number of hydrogen-bond donors (Lipinski definition) is 1. The van der Waals surface area contributed by atoms with E-state index in [-0.39, 0.29) is 11.7 Å². The molecule has 1 aromatic heterocycles. The van der Waals surface area contributed by atoms with Crippen molar-refractivity contribution < 1.29 is 13.9 Å². The van der Waals surface area contributed by atoms with Crippen LogP contribution in [0, 0.1) is 5.82 Å². The van der Waals surface area contributed by atoms with Crippen LogP contribution in [0.1, 0.15) is 21.1 Å². The first-order chi connectivity index (χ1) is 11.7. The second-order valence-corrected chi connectivity index (χ2v) is 6.59. The van der Waals surface area contributed by atoms with Gasteiger partial charge in [-0.3, -0.25) is 9.69 Å². The van der Waals surface area contributed by atoms with E-state index in [2.05, 4.69) is 15.2 Å². The summed E-state index contributed by atoms with van der Waals surface area (Å²) in [5.74, 6) is -0.417. The molecule has 1 fully saturated rings. The third-order valence-electron chi connectivity index (χ3n) is 3.86. The van der Waals surface area contributed by atoms with Crippen LogP contribution in [0.5, 0.6) is 0 Å². The molecule has 7 heteroatoms. The van der Waals surface area contributed by atoms with Gasteiger partial charge in [-0.1, -0.05) is 12.1 Å². The summed E-state index contributed by atoms with van der Waals surface area (Å²) in [7, 11) is 0. The van der Waals surface area contributed by atoms with Gasteiger partial charge in [0, 0.05) is 25.0 Å². The lowest BCUT2D eigenvalue weighted by Crippen LogP contribution is -2.35. The van der Waals surface area contributed by atoms with Gasteiger partial charge in [0.2, 0.25) is 0 Å². The Morgan fingerprint density at radius 3 is 2.79 bits per heavy atom. The molecule has 5 nitrogen and oxygen atoms in total. The number of ether oxygens (including phenoxy) is 1. The fraction of sp³-hybridized carbons (Fsp3) is 0.412. The third kappa shape index (κ3) is 4.83. The second kappa shape index (κ2) is 8.32. The van der Waals surface area contributed by atoms with Gasteiger partial charge in [0.15, 0.2) is 0 Å². The standard InChI is InChI=1S/C17H20FN3O2S/c18-14-3-1-13(2-4-14)5-6-19-17(22)15-12-24-16(20-15)11-21-7-9-23-10-8-21/h1-4,12H,5-11H2,(H,19,22). The predicted octanol–water partition coefficient (Wildman–Crippen LogP) is 2.09. The zero-order chi connectivity index (χ0) is 16.8. The monoisotopic (exact) mass is 349 g/mol. The molecule has 0 radical (unpaired) electrons. The van der Waals surface area contributed by atoms with Crippen LogP contribution >= 0.6 is 11.3 Å². The van der Waals surface area contributed by atoms with Crippen molar-refractivity contribution in [3.05, 3.63) is 51.7 Å². The van der Waals surface area contributed by atoms with Crippen molar-refractivity contribution in [2.24, 2.45) is 0 Å². The van der Waals surface area contributed by atoms with E-state index < -0.39 is 0 Å². The first kappa shape index (κ1) is 17.0. The molecule has 0 unspecified atom stereocenters. The minimum absolute atomic E-state index is 0.165. The van der Waals surface area contributed by atoms with E-state index in [9.17, 15) is 9.18 Å². The summed E-state index contributed by atoms with van der Waals surface area (Å²) in [6.45, 7) is 4.57. The average molecular weight is 349 g/mol. The summed E-state index contributed by atoms with van der Waals surface area (Å²) in [6.07, 6.45) is 0.663. The molecule has 0 spiro atoms. The molecule has 1 aliphatic rings. The van der Waals surface area contributed by atoms with Gasteiger partial charge in [-0.2, -0.15) is 0 Å². The van der Waals surface area contributed by atoms with Crippen LogP contribution in [0.2, 0.25) is 0 Å². The number of nitrogens with zero attached hydrogens (tertiary/aromatic N) is 2. The van der Waals surface area contributed by atoms with Crippen molar-refractivity contribution in [1.82, 2.24) is 15.2 Å². The molecule has 1 saturated heterocycles. The van der Waals surface area contributed by atoms with Gasteiger partial charge < -0.3 is 10.1 Å². The Kier molecular flexibility index (Phi) is 5.90. The summed E-state index contributed by atoms with van der Waals surface area (Å²) in [6, 6.07) is 6.31. The van der Waals surface area contributed by atoms with Gasteiger partial charge in [-0.05, 0) is 24.1 Å². The number of thiazole rings is 1. The second-order valence-electron chi connectivity index (χ2n) is 5.65.